The third-order valence-corrected chi connectivity index (χ3v) is 3.89. The number of aromatic amines is 1. The van der Waals surface area contributed by atoms with Crippen molar-refractivity contribution in [3.8, 4) is 17.7 Å². The van der Waals surface area contributed by atoms with Crippen LogP contribution in [-0.4, -0.2) is 35.0 Å². The molecule has 0 bridgehead atoms. The van der Waals surface area contributed by atoms with E-state index in [1.807, 2.05) is 0 Å². The zero-order chi connectivity index (χ0) is 18.7. The van der Waals surface area contributed by atoms with Crippen LogP contribution < -0.4 is 15.2 Å². The highest BCUT2D eigenvalue weighted by atomic mass is 16.5. The van der Waals surface area contributed by atoms with Crippen LogP contribution in [0.1, 0.15) is 22.7 Å². The highest BCUT2D eigenvalue weighted by molar-refractivity contribution is 5.68. The van der Waals surface area contributed by atoms with Crippen molar-refractivity contribution in [2.24, 2.45) is 5.73 Å². The Balaban J connectivity index is 2.16. The van der Waals surface area contributed by atoms with Crippen LogP contribution >= 0.6 is 0 Å². The van der Waals surface area contributed by atoms with Crippen LogP contribution in [0.3, 0.4) is 0 Å². The summed E-state index contributed by atoms with van der Waals surface area (Å²) >= 11 is 0. The smallest absolute Gasteiger partial charge is 0.341 e. The van der Waals surface area contributed by atoms with E-state index in [0.29, 0.717) is 22.6 Å². The molecule has 0 fully saturated rings. The van der Waals surface area contributed by atoms with E-state index in [-0.39, 0.29) is 23.9 Å². The highest BCUT2D eigenvalue weighted by Gasteiger charge is 2.36. The molecule has 1 aromatic heterocycles. The molecule has 0 spiro atoms. The molecule has 1 aliphatic heterocycles. The second-order valence-corrected chi connectivity index (χ2v) is 5.50. The van der Waals surface area contributed by atoms with Gasteiger partial charge in [0.25, 0.3) is 0 Å². The Morgan fingerprint density at radius 3 is 2.96 bits per heavy atom. The Morgan fingerprint density at radius 2 is 2.27 bits per heavy atom. The first-order valence-corrected chi connectivity index (χ1v) is 7.64. The Labute approximate surface area is 148 Å². The Kier molecular flexibility index (Phi) is 4.77. The summed E-state index contributed by atoms with van der Waals surface area (Å²) in [4.78, 5) is 10.9. The van der Waals surface area contributed by atoms with Crippen molar-refractivity contribution < 1.29 is 24.1 Å². The molecular formula is C17H16N4O5. The van der Waals surface area contributed by atoms with Crippen LogP contribution in [0.2, 0.25) is 0 Å². The molecule has 3 rings (SSSR count). The summed E-state index contributed by atoms with van der Waals surface area (Å²) in [6.45, 7) is -0.288. The number of ether oxygens (including phenoxy) is 3. The van der Waals surface area contributed by atoms with E-state index in [1.165, 1.54) is 7.11 Å². The van der Waals surface area contributed by atoms with Gasteiger partial charge in [0.15, 0.2) is 6.61 Å². The van der Waals surface area contributed by atoms with E-state index in [0.717, 1.165) is 0 Å². The number of nitrogens with two attached hydrogens (primary N) is 1. The molecule has 26 heavy (non-hydrogen) atoms. The van der Waals surface area contributed by atoms with Gasteiger partial charge in [0, 0.05) is 12.7 Å². The number of carboxylic acid groups (broad SMARTS) is 1. The first-order valence-electron chi connectivity index (χ1n) is 7.64. The van der Waals surface area contributed by atoms with Crippen molar-refractivity contribution >= 4 is 5.97 Å². The van der Waals surface area contributed by atoms with Crippen LogP contribution in [0.25, 0.3) is 0 Å². The highest BCUT2D eigenvalue weighted by Crippen LogP contribution is 2.45. The first-order chi connectivity index (χ1) is 12.6. The quantitative estimate of drug-likeness (QED) is 0.701. The molecule has 1 aromatic carbocycles. The van der Waals surface area contributed by atoms with Gasteiger partial charge in [0.05, 0.1) is 23.8 Å². The SMILES string of the molecule is COCc1[nH]nc2c1C(c1ccccc1OCC(=O)O)C(C#N)=C(N)O2. The van der Waals surface area contributed by atoms with Crippen LogP contribution in [-0.2, 0) is 16.1 Å². The van der Waals surface area contributed by atoms with Gasteiger partial charge in [-0.15, -0.1) is 5.10 Å². The van der Waals surface area contributed by atoms with Gasteiger partial charge >= 0.3 is 5.97 Å². The van der Waals surface area contributed by atoms with Crippen molar-refractivity contribution in [2.45, 2.75) is 12.5 Å². The number of nitrogens with zero attached hydrogens (tertiary/aromatic N) is 2. The monoisotopic (exact) mass is 356 g/mol. The van der Waals surface area contributed by atoms with E-state index in [9.17, 15) is 10.1 Å². The number of allylic oxidation sites excluding steroid dienone is 1. The fraction of sp³-hybridized carbons (Fsp3) is 0.235. The number of nitrogens with one attached hydrogen (secondary N) is 1. The Bertz CT molecular complexity index is 912. The van der Waals surface area contributed by atoms with Crippen LogP contribution in [0, 0.1) is 11.3 Å². The second-order valence-electron chi connectivity index (χ2n) is 5.50. The molecule has 0 saturated heterocycles. The number of hydrogen-bond donors (Lipinski definition) is 3. The third kappa shape index (κ3) is 3.05. The standard InChI is InChI=1S/C17H16N4O5/c1-24-7-11-15-14(10(6-18)16(19)26-17(15)21-20-11)9-4-2-3-5-12(9)25-8-13(22)23/h2-5,14H,7-8,19H2,1H3,(H,20,21)(H,22,23). The lowest BCUT2D eigenvalue weighted by Gasteiger charge is -2.25. The minimum atomic E-state index is -1.11. The lowest BCUT2D eigenvalue weighted by molar-refractivity contribution is -0.139. The minimum Gasteiger partial charge on any atom is -0.482 e. The van der Waals surface area contributed by atoms with Crippen molar-refractivity contribution in [1.29, 1.82) is 5.26 Å². The van der Waals surface area contributed by atoms with Gasteiger partial charge in [0.2, 0.25) is 11.8 Å². The molecule has 2 heterocycles. The van der Waals surface area contributed by atoms with Crippen molar-refractivity contribution in [3.63, 3.8) is 0 Å². The number of aromatic nitrogens is 2. The maximum atomic E-state index is 10.9. The number of nitriles is 1. The number of carbonyl (C=O) groups is 1. The molecule has 1 unspecified atom stereocenters. The molecule has 134 valence electrons. The van der Waals surface area contributed by atoms with Crippen molar-refractivity contribution in [3.05, 3.63) is 52.5 Å². The predicted molar refractivity (Wildman–Crippen MR) is 88.2 cm³/mol. The van der Waals surface area contributed by atoms with Crippen LogP contribution in [0.5, 0.6) is 11.6 Å². The molecule has 2 aromatic rings. The number of carboxylic acids is 1. The van der Waals surface area contributed by atoms with Gasteiger partial charge in [0.1, 0.15) is 17.4 Å². The van der Waals surface area contributed by atoms with Gasteiger partial charge in [-0.1, -0.05) is 18.2 Å². The number of rotatable bonds is 6. The lowest BCUT2D eigenvalue weighted by atomic mass is 9.83. The number of fused-ring (bicyclic) bond motifs is 1. The largest absolute Gasteiger partial charge is 0.482 e. The molecule has 1 aliphatic rings. The molecule has 4 N–H and O–H groups in total. The molecule has 0 amide bonds. The maximum Gasteiger partial charge on any atom is 0.341 e. The summed E-state index contributed by atoms with van der Waals surface area (Å²) in [5.41, 5.74) is 7.89. The zero-order valence-corrected chi connectivity index (χ0v) is 13.9. The van der Waals surface area contributed by atoms with E-state index >= 15 is 0 Å². The average molecular weight is 356 g/mol. The van der Waals surface area contributed by atoms with Gasteiger partial charge < -0.3 is 25.1 Å². The summed E-state index contributed by atoms with van der Waals surface area (Å²) < 4.78 is 16.0. The van der Waals surface area contributed by atoms with E-state index < -0.39 is 18.5 Å². The first kappa shape index (κ1) is 17.3. The molecule has 9 nitrogen and oxygen atoms in total. The number of aliphatic carboxylic acids is 1. The second kappa shape index (κ2) is 7.16. The fourth-order valence-corrected chi connectivity index (χ4v) is 2.86. The average Bonchev–Trinajstić information content (AvgIpc) is 3.01. The van der Waals surface area contributed by atoms with Crippen molar-refractivity contribution in [2.75, 3.05) is 13.7 Å². The maximum absolute atomic E-state index is 10.9. The molecule has 0 aliphatic carbocycles. The normalized spacial score (nSPS) is 15.8. The summed E-state index contributed by atoms with van der Waals surface area (Å²) in [5.74, 6) is -1.22. The fourth-order valence-electron chi connectivity index (χ4n) is 2.86. The summed E-state index contributed by atoms with van der Waals surface area (Å²) in [6.07, 6.45) is 0. The van der Waals surface area contributed by atoms with E-state index in [4.69, 9.17) is 25.1 Å². The van der Waals surface area contributed by atoms with Gasteiger partial charge in [-0.2, -0.15) is 5.26 Å². The van der Waals surface area contributed by atoms with Gasteiger partial charge in [-0.3, -0.25) is 5.10 Å². The van der Waals surface area contributed by atoms with E-state index in [2.05, 4.69) is 16.3 Å². The summed E-state index contributed by atoms with van der Waals surface area (Å²) in [7, 11) is 1.53. The molecular weight excluding hydrogens is 340 g/mol. The van der Waals surface area contributed by atoms with E-state index in [1.54, 1.807) is 24.3 Å². The van der Waals surface area contributed by atoms with Crippen LogP contribution in [0.15, 0.2) is 35.7 Å². The van der Waals surface area contributed by atoms with Gasteiger partial charge in [-0.05, 0) is 6.07 Å². The molecule has 0 radical (unpaired) electrons. The predicted octanol–water partition coefficient (Wildman–Crippen LogP) is 1.24. The number of benzene rings is 1. The minimum absolute atomic E-state index is 0.0616. The number of H-pyrrole nitrogens is 1. The Morgan fingerprint density at radius 1 is 1.50 bits per heavy atom. The summed E-state index contributed by atoms with van der Waals surface area (Å²) in [5, 5.41) is 25.4. The summed E-state index contributed by atoms with van der Waals surface area (Å²) in [6, 6.07) is 8.92. The third-order valence-electron chi connectivity index (χ3n) is 3.89. The van der Waals surface area contributed by atoms with Crippen molar-refractivity contribution in [1.82, 2.24) is 10.2 Å². The molecule has 9 heteroatoms. The Hall–Kier alpha value is -3.51. The number of hydrogen-bond acceptors (Lipinski definition) is 7. The lowest BCUT2D eigenvalue weighted by Crippen LogP contribution is -2.22. The number of para-hydroxylation sites is 1. The topological polar surface area (TPSA) is 143 Å². The number of methoxy groups -OCH3 is 1. The molecule has 1 atom stereocenters. The van der Waals surface area contributed by atoms with Crippen LogP contribution in [0.4, 0.5) is 0 Å². The van der Waals surface area contributed by atoms with Gasteiger partial charge in [-0.25, -0.2) is 4.79 Å². The zero-order valence-electron chi connectivity index (χ0n) is 13.9. The molecule has 0 saturated carbocycles.